The SMILES string of the molecule is O=c1c(-c2ccon2)coc2ccccc12. The maximum atomic E-state index is 12.1. The normalized spacial score (nSPS) is 10.8. The molecule has 2 heterocycles. The molecule has 0 fully saturated rings. The first-order chi connectivity index (χ1) is 7.86. The van der Waals surface area contributed by atoms with Gasteiger partial charge >= 0.3 is 0 Å². The largest absolute Gasteiger partial charge is 0.463 e. The Labute approximate surface area is 90.1 Å². The minimum atomic E-state index is -0.101. The highest BCUT2D eigenvalue weighted by atomic mass is 16.5. The van der Waals surface area contributed by atoms with E-state index in [4.69, 9.17) is 8.94 Å². The van der Waals surface area contributed by atoms with Crippen LogP contribution in [0, 0.1) is 0 Å². The highest BCUT2D eigenvalue weighted by Gasteiger charge is 2.10. The van der Waals surface area contributed by atoms with Gasteiger partial charge in [-0.3, -0.25) is 4.79 Å². The Balaban J connectivity index is 2.37. The van der Waals surface area contributed by atoms with Crippen molar-refractivity contribution >= 4 is 11.0 Å². The lowest BCUT2D eigenvalue weighted by atomic mass is 10.1. The van der Waals surface area contributed by atoms with Crippen LogP contribution in [0.5, 0.6) is 0 Å². The van der Waals surface area contributed by atoms with Crippen LogP contribution in [0.1, 0.15) is 0 Å². The molecule has 0 spiro atoms. The zero-order valence-electron chi connectivity index (χ0n) is 8.21. The standard InChI is InChI=1S/C12H7NO3/c14-12-8-3-1-2-4-11(8)15-7-9(12)10-5-6-16-13-10/h1-7H. The van der Waals surface area contributed by atoms with Crippen molar-refractivity contribution in [1.29, 1.82) is 0 Å². The second kappa shape index (κ2) is 3.34. The maximum Gasteiger partial charge on any atom is 0.202 e. The fourth-order valence-corrected chi connectivity index (χ4v) is 1.61. The molecular weight excluding hydrogens is 206 g/mol. The summed E-state index contributed by atoms with van der Waals surface area (Å²) in [6.07, 6.45) is 2.83. The van der Waals surface area contributed by atoms with Gasteiger partial charge in [0.15, 0.2) is 0 Å². The van der Waals surface area contributed by atoms with Crippen molar-refractivity contribution in [2.45, 2.75) is 0 Å². The van der Waals surface area contributed by atoms with Gasteiger partial charge in [-0.15, -0.1) is 0 Å². The molecule has 4 heteroatoms. The zero-order valence-corrected chi connectivity index (χ0v) is 8.21. The smallest absolute Gasteiger partial charge is 0.202 e. The average molecular weight is 213 g/mol. The van der Waals surface area contributed by atoms with Gasteiger partial charge in [0.05, 0.1) is 10.9 Å². The molecule has 0 aliphatic rings. The van der Waals surface area contributed by atoms with Gasteiger partial charge in [-0.05, 0) is 12.1 Å². The minimum Gasteiger partial charge on any atom is -0.463 e. The first-order valence-electron chi connectivity index (χ1n) is 4.77. The third kappa shape index (κ3) is 1.24. The van der Waals surface area contributed by atoms with Crippen molar-refractivity contribution in [3.8, 4) is 11.3 Å². The molecule has 0 radical (unpaired) electrons. The van der Waals surface area contributed by atoms with E-state index in [1.54, 1.807) is 24.3 Å². The molecule has 0 saturated carbocycles. The number of hydrogen-bond donors (Lipinski definition) is 0. The van der Waals surface area contributed by atoms with Crippen LogP contribution in [0.3, 0.4) is 0 Å². The molecule has 0 aliphatic carbocycles. The van der Waals surface area contributed by atoms with Gasteiger partial charge in [0.2, 0.25) is 5.43 Å². The molecule has 0 unspecified atom stereocenters. The third-order valence-corrected chi connectivity index (χ3v) is 2.39. The molecule has 0 atom stereocenters. The Kier molecular flexibility index (Phi) is 1.86. The van der Waals surface area contributed by atoms with E-state index in [9.17, 15) is 4.79 Å². The monoisotopic (exact) mass is 213 g/mol. The molecule has 4 nitrogen and oxygen atoms in total. The first-order valence-corrected chi connectivity index (χ1v) is 4.77. The van der Waals surface area contributed by atoms with Gasteiger partial charge in [-0.2, -0.15) is 0 Å². The lowest BCUT2D eigenvalue weighted by Crippen LogP contribution is -2.04. The summed E-state index contributed by atoms with van der Waals surface area (Å²) in [5.41, 5.74) is 1.36. The van der Waals surface area contributed by atoms with Crippen molar-refractivity contribution in [2.24, 2.45) is 0 Å². The van der Waals surface area contributed by atoms with Crippen LogP contribution in [-0.2, 0) is 0 Å². The molecule has 0 bridgehead atoms. The molecule has 16 heavy (non-hydrogen) atoms. The van der Waals surface area contributed by atoms with Gasteiger partial charge in [-0.1, -0.05) is 17.3 Å². The third-order valence-electron chi connectivity index (χ3n) is 2.39. The Morgan fingerprint density at radius 1 is 1.12 bits per heavy atom. The van der Waals surface area contributed by atoms with E-state index in [-0.39, 0.29) is 5.43 Å². The van der Waals surface area contributed by atoms with E-state index in [1.807, 2.05) is 6.07 Å². The predicted octanol–water partition coefficient (Wildman–Crippen LogP) is 2.45. The molecule has 0 amide bonds. The molecule has 0 aliphatic heterocycles. The number of aromatic nitrogens is 1. The minimum absolute atomic E-state index is 0.101. The summed E-state index contributed by atoms with van der Waals surface area (Å²) in [5, 5.41) is 4.26. The summed E-state index contributed by atoms with van der Waals surface area (Å²) in [5.74, 6) is 0. The Morgan fingerprint density at radius 2 is 2.00 bits per heavy atom. The van der Waals surface area contributed by atoms with E-state index in [0.29, 0.717) is 22.2 Å². The molecule has 0 saturated heterocycles. The molecule has 2 aromatic heterocycles. The number of para-hydroxylation sites is 1. The summed E-state index contributed by atoms with van der Waals surface area (Å²) < 4.78 is 10.1. The molecule has 3 rings (SSSR count). The molecule has 3 aromatic rings. The lowest BCUT2D eigenvalue weighted by Gasteiger charge is -1.98. The number of benzene rings is 1. The Hall–Kier alpha value is -2.36. The van der Waals surface area contributed by atoms with Crippen molar-refractivity contribution in [1.82, 2.24) is 5.16 Å². The molecule has 78 valence electrons. The maximum absolute atomic E-state index is 12.1. The van der Waals surface area contributed by atoms with E-state index >= 15 is 0 Å². The second-order valence-corrected chi connectivity index (χ2v) is 3.36. The Bertz CT molecular complexity index is 683. The van der Waals surface area contributed by atoms with Crippen molar-refractivity contribution in [3.05, 3.63) is 53.1 Å². The predicted molar refractivity (Wildman–Crippen MR) is 58.0 cm³/mol. The van der Waals surface area contributed by atoms with E-state index in [0.717, 1.165) is 0 Å². The summed E-state index contributed by atoms with van der Waals surface area (Å²) in [4.78, 5) is 12.1. The first kappa shape index (κ1) is 8.91. The Morgan fingerprint density at radius 3 is 2.81 bits per heavy atom. The van der Waals surface area contributed by atoms with E-state index in [1.165, 1.54) is 12.5 Å². The van der Waals surface area contributed by atoms with Crippen LogP contribution < -0.4 is 5.43 Å². The van der Waals surface area contributed by atoms with Gasteiger partial charge in [-0.25, -0.2) is 0 Å². The summed E-state index contributed by atoms with van der Waals surface area (Å²) in [7, 11) is 0. The van der Waals surface area contributed by atoms with Crippen molar-refractivity contribution in [3.63, 3.8) is 0 Å². The van der Waals surface area contributed by atoms with Gasteiger partial charge in [0.1, 0.15) is 23.8 Å². The molecular formula is C12H7NO3. The van der Waals surface area contributed by atoms with Crippen molar-refractivity contribution < 1.29 is 8.94 Å². The van der Waals surface area contributed by atoms with Crippen LogP contribution in [0.4, 0.5) is 0 Å². The molecule has 1 aromatic carbocycles. The summed E-state index contributed by atoms with van der Waals surface area (Å²) in [6.45, 7) is 0. The highest BCUT2D eigenvalue weighted by Crippen LogP contribution is 2.17. The quantitative estimate of drug-likeness (QED) is 0.623. The van der Waals surface area contributed by atoms with Crippen LogP contribution in [-0.4, -0.2) is 5.16 Å². The summed E-state index contributed by atoms with van der Waals surface area (Å²) >= 11 is 0. The van der Waals surface area contributed by atoms with E-state index < -0.39 is 0 Å². The lowest BCUT2D eigenvalue weighted by molar-refractivity contribution is 0.422. The highest BCUT2D eigenvalue weighted by molar-refractivity contribution is 5.80. The number of hydrogen-bond acceptors (Lipinski definition) is 4. The molecule has 0 N–H and O–H groups in total. The van der Waals surface area contributed by atoms with Crippen LogP contribution in [0.15, 0.2) is 56.6 Å². The number of rotatable bonds is 1. The fourth-order valence-electron chi connectivity index (χ4n) is 1.61. The van der Waals surface area contributed by atoms with Gasteiger partial charge in [0.25, 0.3) is 0 Å². The van der Waals surface area contributed by atoms with Crippen LogP contribution >= 0.6 is 0 Å². The van der Waals surface area contributed by atoms with Crippen LogP contribution in [0.2, 0.25) is 0 Å². The van der Waals surface area contributed by atoms with Gasteiger partial charge in [0, 0.05) is 6.07 Å². The topological polar surface area (TPSA) is 56.2 Å². The van der Waals surface area contributed by atoms with Crippen LogP contribution in [0.25, 0.3) is 22.2 Å². The van der Waals surface area contributed by atoms with Gasteiger partial charge < -0.3 is 8.94 Å². The summed E-state index contributed by atoms with van der Waals surface area (Å²) in [6, 6.07) is 8.72. The second-order valence-electron chi connectivity index (χ2n) is 3.36. The fraction of sp³-hybridized carbons (Fsp3) is 0. The van der Waals surface area contributed by atoms with Crippen molar-refractivity contribution in [2.75, 3.05) is 0 Å². The average Bonchev–Trinajstić information content (AvgIpc) is 2.83. The zero-order chi connectivity index (χ0) is 11.0. The number of fused-ring (bicyclic) bond motifs is 1. The van der Waals surface area contributed by atoms with E-state index in [2.05, 4.69) is 5.16 Å². The number of nitrogens with zero attached hydrogens (tertiary/aromatic N) is 1.